The Balaban J connectivity index is 1.62. The van der Waals surface area contributed by atoms with Gasteiger partial charge in [-0.1, -0.05) is 22.7 Å². The first-order valence-corrected chi connectivity index (χ1v) is 9.14. The topological polar surface area (TPSA) is 76.1 Å². The first-order chi connectivity index (χ1) is 12.1. The molecule has 0 radical (unpaired) electrons. The van der Waals surface area contributed by atoms with Crippen molar-refractivity contribution < 1.29 is 9.53 Å². The molecule has 2 aromatic carbocycles. The molecule has 0 aliphatic carbocycles. The van der Waals surface area contributed by atoms with Crippen molar-refractivity contribution in [1.82, 2.24) is 9.97 Å². The van der Waals surface area contributed by atoms with Crippen molar-refractivity contribution in [3.05, 3.63) is 36.4 Å². The highest BCUT2D eigenvalue weighted by Crippen LogP contribution is 2.34. The third-order valence-electron chi connectivity index (χ3n) is 3.52. The number of thiazole rings is 2. The number of hydrogen-bond donors (Lipinski definition) is 2. The molecule has 0 fully saturated rings. The molecule has 126 valence electrons. The Hall–Kier alpha value is -2.71. The average molecular weight is 370 g/mol. The molecule has 2 N–H and O–H groups in total. The number of rotatable bonds is 4. The number of carbonyl (C=O) groups is 1. The number of aromatic nitrogens is 2. The summed E-state index contributed by atoms with van der Waals surface area (Å²) in [5.74, 6) is 0.696. The summed E-state index contributed by atoms with van der Waals surface area (Å²) in [6, 6.07) is 11.5. The highest BCUT2D eigenvalue weighted by atomic mass is 32.1. The SMILES string of the molecule is COc1ccc2sc(Nc3nc4ccc(NC(C)=O)cc4s3)nc2c1. The molecule has 25 heavy (non-hydrogen) atoms. The van der Waals surface area contributed by atoms with Crippen LogP contribution in [0.5, 0.6) is 5.75 Å². The van der Waals surface area contributed by atoms with E-state index in [0.29, 0.717) is 0 Å². The molecular weight excluding hydrogens is 356 g/mol. The van der Waals surface area contributed by atoms with Crippen LogP contribution in [0.2, 0.25) is 0 Å². The molecule has 8 heteroatoms. The van der Waals surface area contributed by atoms with E-state index in [1.54, 1.807) is 18.4 Å². The van der Waals surface area contributed by atoms with E-state index in [0.717, 1.165) is 42.1 Å². The summed E-state index contributed by atoms with van der Waals surface area (Å²) in [5, 5.41) is 7.60. The summed E-state index contributed by atoms with van der Waals surface area (Å²) in [5.41, 5.74) is 2.53. The second-order valence-corrected chi connectivity index (χ2v) is 7.42. The van der Waals surface area contributed by atoms with Crippen LogP contribution in [0, 0.1) is 0 Å². The van der Waals surface area contributed by atoms with Gasteiger partial charge in [0.2, 0.25) is 5.91 Å². The second-order valence-electron chi connectivity index (χ2n) is 5.36. The number of hydrogen-bond acceptors (Lipinski definition) is 7. The lowest BCUT2D eigenvalue weighted by atomic mass is 10.3. The maximum Gasteiger partial charge on any atom is 0.221 e. The van der Waals surface area contributed by atoms with E-state index >= 15 is 0 Å². The normalized spacial score (nSPS) is 11.0. The van der Waals surface area contributed by atoms with Gasteiger partial charge in [0.15, 0.2) is 10.3 Å². The Morgan fingerprint density at radius 2 is 1.76 bits per heavy atom. The van der Waals surface area contributed by atoms with Crippen LogP contribution in [0.3, 0.4) is 0 Å². The maximum absolute atomic E-state index is 11.2. The molecule has 2 aromatic heterocycles. The van der Waals surface area contributed by atoms with Crippen LogP contribution in [-0.4, -0.2) is 23.0 Å². The van der Waals surface area contributed by atoms with Gasteiger partial charge in [-0.3, -0.25) is 4.79 Å². The lowest BCUT2D eigenvalue weighted by Crippen LogP contribution is -2.05. The molecule has 0 bridgehead atoms. The van der Waals surface area contributed by atoms with Gasteiger partial charge in [-0.25, -0.2) is 9.97 Å². The predicted molar refractivity (Wildman–Crippen MR) is 103 cm³/mol. The van der Waals surface area contributed by atoms with Gasteiger partial charge >= 0.3 is 0 Å². The van der Waals surface area contributed by atoms with Gasteiger partial charge in [-0.2, -0.15) is 0 Å². The number of carbonyl (C=O) groups excluding carboxylic acids is 1. The minimum absolute atomic E-state index is 0.0906. The molecule has 1 amide bonds. The van der Waals surface area contributed by atoms with Gasteiger partial charge in [0.25, 0.3) is 0 Å². The molecule has 2 heterocycles. The molecule has 4 aromatic rings. The highest BCUT2D eigenvalue weighted by molar-refractivity contribution is 7.24. The lowest BCUT2D eigenvalue weighted by Gasteiger charge is -1.99. The number of nitrogens with one attached hydrogen (secondary N) is 2. The van der Waals surface area contributed by atoms with Gasteiger partial charge in [-0.05, 0) is 30.3 Å². The maximum atomic E-state index is 11.2. The van der Waals surface area contributed by atoms with Crippen LogP contribution in [0.4, 0.5) is 16.0 Å². The van der Waals surface area contributed by atoms with Gasteiger partial charge in [0.1, 0.15) is 5.75 Å². The standard InChI is InChI=1S/C17H14N4O2S2/c1-9(22)18-10-3-5-12-15(7-10)25-16(19-12)21-17-20-13-8-11(23-2)4-6-14(13)24-17/h3-8H,1-2H3,(H,18,22)(H,19,20,21). The van der Waals surface area contributed by atoms with Crippen molar-refractivity contribution in [2.75, 3.05) is 17.7 Å². The van der Waals surface area contributed by atoms with Crippen molar-refractivity contribution in [1.29, 1.82) is 0 Å². The van der Waals surface area contributed by atoms with Crippen molar-refractivity contribution >= 4 is 65.0 Å². The molecule has 0 saturated carbocycles. The summed E-state index contributed by atoms with van der Waals surface area (Å²) < 4.78 is 7.31. The van der Waals surface area contributed by atoms with Crippen molar-refractivity contribution in [3.63, 3.8) is 0 Å². The van der Waals surface area contributed by atoms with Crippen LogP contribution < -0.4 is 15.4 Å². The number of amides is 1. The van der Waals surface area contributed by atoms with E-state index in [2.05, 4.69) is 20.6 Å². The van der Waals surface area contributed by atoms with Gasteiger partial charge in [0, 0.05) is 18.7 Å². The smallest absolute Gasteiger partial charge is 0.221 e. The van der Waals surface area contributed by atoms with Gasteiger partial charge < -0.3 is 15.4 Å². The fourth-order valence-electron chi connectivity index (χ4n) is 2.44. The van der Waals surface area contributed by atoms with Crippen LogP contribution in [-0.2, 0) is 4.79 Å². The highest BCUT2D eigenvalue weighted by Gasteiger charge is 2.09. The monoisotopic (exact) mass is 370 g/mol. The first kappa shape index (κ1) is 15.8. The van der Waals surface area contributed by atoms with Crippen molar-refractivity contribution in [2.24, 2.45) is 0 Å². The second kappa shape index (κ2) is 6.30. The van der Waals surface area contributed by atoms with Crippen LogP contribution in [0.25, 0.3) is 20.4 Å². The number of benzene rings is 2. The van der Waals surface area contributed by atoms with E-state index < -0.39 is 0 Å². The molecule has 0 spiro atoms. The third-order valence-corrected chi connectivity index (χ3v) is 5.40. The van der Waals surface area contributed by atoms with E-state index in [1.165, 1.54) is 18.3 Å². The van der Waals surface area contributed by atoms with E-state index in [1.807, 2.05) is 36.4 Å². The van der Waals surface area contributed by atoms with Gasteiger partial charge in [0.05, 0.1) is 27.5 Å². The molecule has 4 rings (SSSR count). The van der Waals surface area contributed by atoms with Crippen molar-refractivity contribution in [3.8, 4) is 5.75 Å². The Labute approximate surface area is 151 Å². The third kappa shape index (κ3) is 3.26. The zero-order valence-electron chi connectivity index (χ0n) is 13.5. The molecular formula is C17H14N4O2S2. The van der Waals surface area contributed by atoms with E-state index in [-0.39, 0.29) is 5.91 Å². The molecule has 6 nitrogen and oxygen atoms in total. The first-order valence-electron chi connectivity index (χ1n) is 7.50. The zero-order chi connectivity index (χ0) is 17.4. The largest absolute Gasteiger partial charge is 0.497 e. The Morgan fingerprint density at radius 3 is 2.52 bits per heavy atom. The summed E-state index contributed by atoms with van der Waals surface area (Å²) >= 11 is 3.08. The van der Waals surface area contributed by atoms with Gasteiger partial charge in [-0.15, -0.1) is 0 Å². The quantitative estimate of drug-likeness (QED) is 0.548. The summed E-state index contributed by atoms with van der Waals surface area (Å²) in [6.07, 6.45) is 0. The number of fused-ring (bicyclic) bond motifs is 2. The Kier molecular flexibility index (Phi) is 3.98. The molecule has 0 unspecified atom stereocenters. The Morgan fingerprint density at radius 1 is 1.00 bits per heavy atom. The number of anilines is 3. The zero-order valence-corrected chi connectivity index (χ0v) is 15.1. The van der Waals surface area contributed by atoms with E-state index in [4.69, 9.17) is 4.74 Å². The van der Waals surface area contributed by atoms with Crippen LogP contribution >= 0.6 is 22.7 Å². The Bertz CT molecular complexity index is 1090. The molecule has 0 aliphatic heterocycles. The number of ether oxygens (including phenoxy) is 1. The fraction of sp³-hybridized carbons (Fsp3) is 0.118. The predicted octanol–water partition coefficient (Wildman–Crippen LogP) is 4.62. The average Bonchev–Trinajstić information content (AvgIpc) is 3.15. The summed E-state index contributed by atoms with van der Waals surface area (Å²) in [4.78, 5) is 20.3. The van der Waals surface area contributed by atoms with Crippen LogP contribution in [0.1, 0.15) is 6.92 Å². The lowest BCUT2D eigenvalue weighted by molar-refractivity contribution is -0.114. The van der Waals surface area contributed by atoms with E-state index in [9.17, 15) is 4.79 Å². The van der Waals surface area contributed by atoms with Crippen LogP contribution in [0.15, 0.2) is 36.4 Å². The molecule has 0 saturated heterocycles. The molecule has 0 aliphatic rings. The van der Waals surface area contributed by atoms with Crippen molar-refractivity contribution in [2.45, 2.75) is 6.92 Å². The minimum atomic E-state index is -0.0906. The summed E-state index contributed by atoms with van der Waals surface area (Å²) in [6.45, 7) is 1.49. The number of methoxy groups -OCH3 is 1. The summed E-state index contributed by atoms with van der Waals surface area (Å²) in [7, 11) is 1.64. The molecule has 0 atom stereocenters. The minimum Gasteiger partial charge on any atom is -0.497 e. The number of nitrogens with zero attached hydrogens (tertiary/aromatic N) is 2. The fourth-order valence-corrected chi connectivity index (χ4v) is 4.25.